The number of guanidine groups is 1. The molecule has 0 spiro atoms. The molecule has 0 amide bonds. The van der Waals surface area contributed by atoms with Gasteiger partial charge in [0.2, 0.25) is 0 Å². The van der Waals surface area contributed by atoms with Gasteiger partial charge in [0.05, 0.1) is 5.69 Å². The largest absolute Gasteiger partial charge is 0.361 e. The van der Waals surface area contributed by atoms with Crippen LogP contribution in [0.2, 0.25) is 0 Å². The van der Waals surface area contributed by atoms with E-state index in [1.807, 2.05) is 13.8 Å². The summed E-state index contributed by atoms with van der Waals surface area (Å²) in [4.78, 5) is 4.27. The van der Waals surface area contributed by atoms with E-state index in [1.54, 1.807) is 7.05 Å². The molecule has 6 heteroatoms. The minimum atomic E-state index is 0.696. The Bertz CT molecular complexity index is 433. The van der Waals surface area contributed by atoms with Crippen LogP contribution in [-0.2, 0) is 6.54 Å². The molecule has 1 aromatic rings. The first-order valence-corrected chi connectivity index (χ1v) is 8.30. The van der Waals surface area contributed by atoms with E-state index in [-0.39, 0.29) is 0 Å². The van der Waals surface area contributed by atoms with Crippen LogP contribution in [0.4, 0.5) is 0 Å². The van der Waals surface area contributed by atoms with Crippen molar-refractivity contribution in [2.75, 3.05) is 25.1 Å². The van der Waals surface area contributed by atoms with Crippen molar-refractivity contribution in [2.24, 2.45) is 10.9 Å². The van der Waals surface area contributed by atoms with Gasteiger partial charge in [-0.1, -0.05) is 5.16 Å². The Hall–Kier alpha value is -1.17. The van der Waals surface area contributed by atoms with Crippen LogP contribution in [0.25, 0.3) is 0 Å². The van der Waals surface area contributed by atoms with Gasteiger partial charge in [-0.3, -0.25) is 4.99 Å². The Morgan fingerprint density at radius 2 is 2.10 bits per heavy atom. The topological polar surface area (TPSA) is 62.5 Å². The lowest BCUT2D eigenvalue weighted by molar-refractivity contribution is 0.392. The van der Waals surface area contributed by atoms with Gasteiger partial charge in [0.15, 0.2) is 5.96 Å². The maximum Gasteiger partial charge on any atom is 0.191 e. The summed E-state index contributed by atoms with van der Waals surface area (Å²) in [7, 11) is 1.80. The van der Waals surface area contributed by atoms with Crippen molar-refractivity contribution in [3.8, 4) is 0 Å². The Morgan fingerprint density at radius 3 is 2.70 bits per heavy atom. The zero-order valence-corrected chi connectivity index (χ0v) is 13.3. The minimum absolute atomic E-state index is 0.696. The molecular weight excluding hydrogens is 272 g/mol. The summed E-state index contributed by atoms with van der Waals surface area (Å²) in [6.07, 6.45) is 2.61. The van der Waals surface area contributed by atoms with Crippen molar-refractivity contribution in [1.29, 1.82) is 0 Å². The molecule has 1 aliphatic heterocycles. The highest BCUT2D eigenvalue weighted by Gasteiger charge is 2.14. The van der Waals surface area contributed by atoms with E-state index in [9.17, 15) is 0 Å². The van der Waals surface area contributed by atoms with E-state index in [4.69, 9.17) is 4.52 Å². The van der Waals surface area contributed by atoms with E-state index in [2.05, 4.69) is 32.5 Å². The molecule has 0 bridgehead atoms. The number of nitrogens with one attached hydrogen (secondary N) is 2. The molecule has 0 aliphatic carbocycles. The summed E-state index contributed by atoms with van der Waals surface area (Å²) < 4.78 is 5.16. The Kier molecular flexibility index (Phi) is 5.76. The van der Waals surface area contributed by atoms with E-state index in [0.717, 1.165) is 35.4 Å². The van der Waals surface area contributed by atoms with E-state index >= 15 is 0 Å². The molecule has 0 atom stereocenters. The molecule has 1 aromatic heterocycles. The second kappa shape index (κ2) is 7.57. The van der Waals surface area contributed by atoms with E-state index < -0.39 is 0 Å². The maximum atomic E-state index is 5.16. The normalized spacial score (nSPS) is 17.2. The number of rotatable bonds is 4. The molecular formula is C14H24N4OS. The summed E-state index contributed by atoms with van der Waals surface area (Å²) in [6, 6.07) is 0. The quantitative estimate of drug-likeness (QED) is 0.658. The molecule has 1 saturated heterocycles. The van der Waals surface area contributed by atoms with Gasteiger partial charge in [0, 0.05) is 25.7 Å². The molecule has 20 heavy (non-hydrogen) atoms. The second-order valence-corrected chi connectivity index (χ2v) is 6.39. The number of aliphatic imine (C=N–C) groups is 1. The summed E-state index contributed by atoms with van der Waals surface area (Å²) >= 11 is 2.06. The van der Waals surface area contributed by atoms with Crippen LogP contribution in [0.15, 0.2) is 9.52 Å². The van der Waals surface area contributed by atoms with Gasteiger partial charge in [-0.15, -0.1) is 0 Å². The van der Waals surface area contributed by atoms with Crippen LogP contribution in [0.5, 0.6) is 0 Å². The Labute approximate surface area is 125 Å². The summed E-state index contributed by atoms with van der Waals surface area (Å²) in [5.74, 6) is 5.07. The highest BCUT2D eigenvalue weighted by Crippen LogP contribution is 2.21. The van der Waals surface area contributed by atoms with Crippen LogP contribution in [0.1, 0.15) is 29.9 Å². The van der Waals surface area contributed by atoms with Crippen LogP contribution in [0.3, 0.4) is 0 Å². The number of hydrogen-bond donors (Lipinski definition) is 2. The molecule has 0 unspecified atom stereocenters. The van der Waals surface area contributed by atoms with Crippen molar-refractivity contribution in [1.82, 2.24) is 15.8 Å². The molecule has 2 rings (SSSR count). The minimum Gasteiger partial charge on any atom is -0.361 e. The fourth-order valence-corrected chi connectivity index (χ4v) is 3.54. The smallest absolute Gasteiger partial charge is 0.191 e. The number of aryl methyl sites for hydroxylation is 2. The van der Waals surface area contributed by atoms with Gasteiger partial charge in [-0.25, -0.2) is 0 Å². The standard InChI is InChI=1S/C14H24N4OS/c1-10-13(11(2)19-18-10)9-17-14(15-3)16-8-12-4-6-20-7-5-12/h12H,4-9H2,1-3H3,(H2,15,16,17). The number of aromatic nitrogens is 1. The van der Waals surface area contributed by atoms with Gasteiger partial charge < -0.3 is 15.2 Å². The predicted octanol–water partition coefficient (Wildman–Crippen LogP) is 2.10. The number of nitrogens with zero attached hydrogens (tertiary/aromatic N) is 2. The van der Waals surface area contributed by atoms with Crippen molar-refractivity contribution >= 4 is 17.7 Å². The molecule has 0 saturated carbocycles. The zero-order chi connectivity index (χ0) is 14.4. The number of hydrogen-bond acceptors (Lipinski definition) is 4. The summed E-state index contributed by atoms with van der Waals surface area (Å²) in [5, 5.41) is 10.7. The van der Waals surface area contributed by atoms with Gasteiger partial charge in [-0.2, -0.15) is 11.8 Å². The predicted molar refractivity (Wildman–Crippen MR) is 84.2 cm³/mol. The van der Waals surface area contributed by atoms with Gasteiger partial charge in [-0.05, 0) is 44.1 Å². The number of thioether (sulfide) groups is 1. The van der Waals surface area contributed by atoms with Crippen molar-refractivity contribution in [2.45, 2.75) is 33.2 Å². The highest BCUT2D eigenvalue weighted by molar-refractivity contribution is 7.99. The van der Waals surface area contributed by atoms with Gasteiger partial charge in [0.25, 0.3) is 0 Å². The summed E-state index contributed by atoms with van der Waals surface area (Å²) in [6.45, 7) is 5.60. The van der Waals surface area contributed by atoms with E-state index in [1.165, 1.54) is 24.3 Å². The summed E-state index contributed by atoms with van der Waals surface area (Å²) in [5.41, 5.74) is 2.05. The molecule has 0 aromatic carbocycles. The fraction of sp³-hybridized carbons (Fsp3) is 0.714. The average molecular weight is 296 g/mol. The second-order valence-electron chi connectivity index (χ2n) is 5.17. The molecule has 1 aliphatic rings. The lowest BCUT2D eigenvalue weighted by atomic mass is 10.0. The van der Waals surface area contributed by atoms with Crippen molar-refractivity contribution in [3.63, 3.8) is 0 Å². The fourth-order valence-electron chi connectivity index (χ4n) is 2.34. The van der Waals surface area contributed by atoms with Crippen LogP contribution in [0, 0.1) is 19.8 Å². The Morgan fingerprint density at radius 1 is 1.35 bits per heavy atom. The lowest BCUT2D eigenvalue weighted by Crippen LogP contribution is -2.40. The van der Waals surface area contributed by atoms with Crippen molar-refractivity contribution < 1.29 is 4.52 Å². The average Bonchev–Trinajstić information content (AvgIpc) is 2.80. The molecule has 5 nitrogen and oxygen atoms in total. The lowest BCUT2D eigenvalue weighted by Gasteiger charge is -2.22. The van der Waals surface area contributed by atoms with E-state index in [0.29, 0.717) is 6.54 Å². The third kappa shape index (κ3) is 4.16. The molecule has 112 valence electrons. The Balaban J connectivity index is 1.78. The monoisotopic (exact) mass is 296 g/mol. The first-order chi connectivity index (χ1) is 9.70. The first-order valence-electron chi connectivity index (χ1n) is 7.14. The third-order valence-corrected chi connectivity index (χ3v) is 4.79. The SMILES string of the molecule is CN=C(NCc1c(C)noc1C)NCC1CCSCC1. The first kappa shape index (κ1) is 15.2. The maximum absolute atomic E-state index is 5.16. The zero-order valence-electron chi connectivity index (χ0n) is 12.5. The molecule has 0 radical (unpaired) electrons. The van der Waals surface area contributed by atoms with Gasteiger partial charge >= 0.3 is 0 Å². The van der Waals surface area contributed by atoms with Crippen LogP contribution < -0.4 is 10.6 Å². The van der Waals surface area contributed by atoms with Gasteiger partial charge in [0.1, 0.15) is 5.76 Å². The van der Waals surface area contributed by atoms with Crippen LogP contribution >= 0.6 is 11.8 Å². The third-order valence-electron chi connectivity index (χ3n) is 3.74. The molecule has 2 N–H and O–H groups in total. The van der Waals surface area contributed by atoms with Crippen molar-refractivity contribution in [3.05, 3.63) is 17.0 Å². The molecule has 1 fully saturated rings. The van der Waals surface area contributed by atoms with Crippen LogP contribution in [-0.4, -0.2) is 36.2 Å². The molecule has 2 heterocycles. The highest BCUT2D eigenvalue weighted by atomic mass is 32.2.